The minimum absolute atomic E-state index is 0. The third-order valence-corrected chi connectivity index (χ3v) is 2.97. The SMILES string of the molecule is C.C=C/C(=C\C)c1oc(/C=C\C)c(C=C)c1C(=N)/C=C\C(N)=O.CC.CC. The van der Waals surface area contributed by atoms with Crippen LogP contribution in [0.3, 0.4) is 0 Å². The number of allylic oxidation sites excluding steroid dienone is 5. The molecule has 0 aliphatic carbocycles. The van der Waals surface area contributed by atoms with Crippen LogP contribution in [0.15, 0.2) is 48.0 Å². The van der Waals surface area contributed by atoms with Gasteiger partial charge in [-0.05, 0) is 26.0 Å². The summed E-state index contributed by atoms with van der Waals surface area (Å²) in [5.74, 6) is 0.499. The van der Waals surface area contributed by atoms with Gasteiger partial charge >= 0.3 is 0 Å². The molecule has 0 radical (unpaired) electrons. The standard InChI is InChI=1S/C18H20N2O2.2C2H6.CH4/c1-5-9-15-13(8-4)17(14(19)10-11-16(20)21)18(22-15)12(6-2)7-3;2*1-2;/h5-11,19H,2,4H2,1,3H3,(H2,20,21);2*1-2H3;1H4/b9-5-,11-10-,12-7+,19-14?;;;. The molecule has 0 unspecified atom stereocenters. The van der Waals surface area contributed by atoms with E-state index < -0.39 is 5.91 Å². The van der Waals surface area contributed by atoms with Crippen LogP contribution < -0.4 is 5.73 Å². The second-order valence-electron chi connectivity index (χ2n) is 4.39. The quantitative estimate of drug-likeness (QED) is 0.319. The van der Waals surface area contributed by atoms with Crippen LogP contribution in [0.25, 0.3) is 17.7 Å². The van der Waals surface area contributed by atoms with Gasteiger partial charge in [-0.3, -0.25) is 4.79 Å². The summed E-state index contributed by atoms with van der Waals surface area (Å²) in [7, 11) is 0. The molecule has 0 spiro atoms. The third-order valence-electron chi connectivity index (χ3n) is 2.97. The van der Waals surface area contributed by atoms with Crippen LogP contribution in [-0.4, -0.2) is 11.6 Å². The van der Waals surface area contributed by atoms with Crippen molar-refractivity contribution < 1.29 is 9.21 Å². The highest BCUT2D eigenvalue weighted by molar-refractivity contribution is 6.14. The maximum Gasteiger partial charge on any atom is 0.241 e. The Morgan fingerprint density at radius 1 is 1.11 bits per heavy atom. The molecule has 4 nitrogen and oxygen atoms in total. The van der Waals surface area contributed by atoms with Gasteiger partial charge in [0.25, 0.3) is 0 Å². The van der Waals surface area contributed by atoms with Crippen molar-refractivity contribution in [3.05, 3.63) is 66.2 Å². The summed E-state index contributed by atoms with van der Waals surface area (Å²) < 4.78 is 5.86. The number of hydrogen-bond acceptors (Lipinski definition) is 3. The summed E-state index contributed by atoms with van der Waals surface area (Å²) in [6.07, 6.45) is 11.2. The molecule has 0 aliphatic rings. The molecule has 0 fully saturated rings. The largest absolute Gasteiger partial charge is 0.455 e. The van der Waals surface area contributed by atoms with E-state index in [4.69, 9.17) is 15.6 Å². The van der Waals surface area contributed by atoms with E-state index in [1.54, 1.807) is 18.2 Å². The van der Waals surface area contributed by atoms with Crippen LogP contribution in [-0.2, 0) is 4.79 Å². The molecule has 0 aliphatic heterocycles. The monoisotopic (exact) mass is 372 g/mol. The average Bonchev–Trinajstić information content (AvgIpc) is 3.02. The Morgan fingerprint density at radius 3 is 2.04 bits per heavy atom. The number of primary amides is 1. The van der Waals surface area contributed by atoms with Gasteiger partial charge < -0.3 is 15.6 Å². The molecule has 0 atom stereocenters. The van der Waals surface area contributed by atoms with E-state index in [1.165, 1.54) is 6.08 Å². The fraction of sp³-hybridized carbons (Fsp3) is 0.304. The number of amides is 1. The Hall–Kier alpha value is -2.88. The van der Waals surface area contributed by atoms with E-state index in [0.717, 1.165) is 11.6 Å². The maximum atomic E-state index is 10.9. The van der Waals surface area contributed by atoms with Crippen molar-refractivity contribution in [2.45, 2.75) is 49.0 Å². The second-order valence-corrected chi connectivity index (χ2v) is 4.39. The van der Waals surface area contributed by atoms with Crippen molar-refractivity contribution in [1.82, 2.24) is 0 Å². The van der Waals surface area contributed by atoms with Crippen LogP contribution >= 0.6 is 0 Å². The smallest absolute Gasteiger partial charge is 0.241 e. The molecule has 0 aromatic carbocycles. The fourth-order valence-electron chi connectivity index (χ4n) is 2.00. The molecule has 150 valence electrons. The van der Waals surface area contributed by atoms with E-state index in [9.17, 15) is 4.79 Å². The lowest BCUT2D eigenvalue weighted by Crippen LogP contribution is -2.07. The highest BCUT2D eigenvalue weighted by Crippen LogP contribution is 2.31. The van der Waals surface area contributed by atoms with Crippen molar-refractivity contribution in [2.24, 2.45) is 5.73 Å². The van der Waals surface area contributed by atoms with Gasteiger partial charge in [0.2, 0.25) is 5.91 Å². The Kier molecular flexibility index (Phi) is 17.8. The molecule has 1 aromatic rings. The molecule has 1 amide bonds. The van der Waals surface area contributed by atoms with E-state index in [0.29, 0.717) is 22.6 Å². The number of carbonyl (C=O) groups excluding carboxylic acids is 1. The highest BCUT2D eigenvalue weighted by Gasteiger charge is 2.20. The molecule has 1 heterocycles. The zero-order valence-electron chi connectivity index (χ0n) is 16.8. The summed E-state index contributed by atoms with van der Waals surface area (Å²) in [6.45, 7) is 19.3. The van der Waals surface area contributed by atoms with Crippen LogP contribution in [0.5, 0.6) is 0 Å². The number of carbonyl (C=O) groups is 1. The van der Waals surface area contributed by atoms with Gasteiger partial charge in [0.05, 0.1) is 11.3 Å². The normalized spacial score (nSPS) is 10.2. The molecule has 3 N–H and O–H groups in total. The number of nitrogens with two attached hydrogens (primary N) is 1. The maximum absolute atomic E-state index is 10.9. The number of nitrogens with one attached hydrogen (secondary N) is 1. The minimum atomic E-state index is -0.612. The van der Waals surface area contributed by atoms with Crippen molar-refractivity contribution in [3.63, 3.8) is 0 Å². The van der Waals surface area contributed by atoms with Gasteiger partial charge in [-0.15, -0.1) is 0 Å². The second kappa shape index (κ2) is 16.6. The van der Waals surface area contributed by atoms with Gasteiger partial charge in [0.1, 0.15) is 11.5 Å². The topological polar surface area (TPSA) is 80.1 Å². The first kappa shape index (κ1) is 28.9. The lowest BCUT2D eigenvalue weighted by atomic mass is 9.99. The van der Waals surface area contributed by atoms with Gasteiger partial charge in [0, 0.05) is 17.2 Å². The number of hydrogen-bond donors (Lipinski definition) is 2. The summed E-state index contributed by atoms with van der Waals surface area (Å²) in [6, 6.07) is 0. The predicted molar refractivity (Wildman–Crippen MR) is 122 cm³/mol. The Labute approximate surface area is 165 Å². The summed E-state index contributed by atoms with van der Waals surface area (Å²) in [5.41, 5.74) is 7.20. The summed E-state index contributed by atoms with van der Waals surface area (Å²) in [5, 5.41) is 8.21. The average molecular weight is 373 g/mol. The zero-order chi connectivity index (χ0) is 20.7. The van der Waals surface area contributed by atoms with E-state index in [-0.39, 0.29) is 13.1 Å². The van der Waals surface area contributed by atoms with E-state index >= 15 is 0 Å². The van der Waals surface area contributed by atoms with Crippen molar-refractivity contribution in [2.75, 3.05) is 0 Å². The van der Waals surface area contributed by atoms with Gasteiger partial charge in [-0.25, -0.2) is 0 Å². The first-order valence-electron chi connectivity index (χ1n) is 8.77. The molecule has 1 aromatic heterocycles. The van der Waals surface area contributed by atoms with Crippen molar-refractivity contribution in [1.29, 1.82) is 5.41 Å². The summed E-state index contributed by atoms with van der Waals surface area (Å²) >= 11 is 0. The first-order valence-corrected chi connectivity index (χ1v) is 8.77. The van der Waals surface area contributed by atoms with Gasteiger partial charge in [-0.1, -0.05) is 72.6 Å². The van der Waals surface area contributed by atoms with Crippen LogP contribution in [0, 0.1) is 5.41 Å². The highest BCUT2D eigenvalue weighted by atomic mass is 16.3. The van der Waals surface area contributed by atoms with E-state index in [2.05, 4.69) is 13.2 Å². The van der Waals surface area contributed by atoms with Crippen LogP contribution in [0.1, 0.15) is 71.6 Å². The number of furan rings is 1. The first-order chi connectivity index (χ1) is 12.5. The minimum Gasteiger partial charge on any atom is -0.455 e. The van der Waals surface area contributed by atoms with E-state index in [1.807, 2.05) is 53.7 Å². The van der Waals surface area contributed by atoms with Crippen molar-refractivity contribution >= 4 is 29.3 Å². The van der Waals surface area contributed by atoms with Gasteiger partial charge in [0.15, 0.2) is 0 Å². The zero-order valence-corrected chi connectivity index (χ0v) is 16.8. The molecule has 0 bridgehead atoms. The Bertz CT molecular complexity index is 702. The fourth-order valence-corrected chi connectivity index (χ4v) is 2.00. The molecular weight excluding hydrogens is 336 g/mol. The van der Waals surface area contributed by atoms with Crippen LogP contribution in [0.2, 0.25) is 0 Å². The number of rotatable bonds is 7. The summed E-state index contributed by atoms with van der Waals surface area (Å²) in [4.78, 5) is 10.9. The lowest BCUT2D eigenvalue weighted by molar-refractivity contribution is -0.113. The molecule has 1 rings (SSSR count). The predicted octanol–water partition coefficient (Wildman–Crippen LogP) is 6.64. The van der Waals surface area contributed by atoms with Gasteiger partial charge in [-0.2, -0.15) is 0 Å². The molecule has 0 saturated heterocycles. The molecule has 4 heteroatoms. The lowest BCUT2D eigenvalue weighted by Gasteiger charge is -2.03. The molecule has 0 saturated carbocycles. The Balaban J connectivity index is -0.00000108. The van der Waals surface area contributed by atoms with Crippen molar-refractivity contribution in [3.8, 4) is 0 Å². The third kappa shape index (κ3) is 8.36. The Morgan fingerprint density at radius 2 is 1.67 bits per heavy atom. The molecular formula is C23H36N2O2. The van der Waals surface area contributed by atoms with Crippen LogP contribution in [0.4, 0.5) is 0 Å². The molecule has 27 heavy (non-hydrogen) atoms.